The predicted molar refractivity (Wildman–Crippen MR) is 75.9 cm³/mol. The molecule has 0 atom stereocenters. The molecule has 0 spiro atoms. The van der Waals surface area contributed by atoms with Crippen molar-refractivity contribution in [1.82, 2.24) is 15.0 Å². The molecular formula is C14H18N4O2. The number of imidazole rings is 1. The first-order chi connectivity index (χ1) is 9.72. The maximum Gasteiger partial charge on any atom is 0.334 e. The minimum atomic E-state index is -0.241. The fourth-order valence-corrected chi connectivity index (χ4v) is 2.60. The first kappa shape index (κ1) is 12.9. The largest absolute Gasteiger partial charge is 0.393 e. The molecule has 6 nitrogen and oxygen atoms in total. The summed E-state index contributed by atoms with van der Waals surface area (Å²) in [5, 5.41) is 12.4. The number of aromatic nitrogens is 2. The Morgan fingerprint density at radius 3 is 2.80 bits per heavy atom. The Bertz CT molecular complexity index is 602. The van der Waals surface area contributed by atoms with Crippen LogP contribution in [0.3, 0.4) is 0 Å². The number of nitrogens with one attached hydrogen (secondary N) is 2. The van der Waals surface area contributed by atoms with Crippen LogP contribution in [0.4, 0.5) is 4.79 Å². The van der Waals surface area contributed by atoms with Crippen LogP contribution in [-0.2, 0) is 0 Å². The van der Waals surface area contributed by atoms with Crippen molar-refractivity contribution in [2.24, 2.45) is 0 Å². The fraction of sp³-hybridized carbons (Fsp3) is 0.429. The summed E-state index contributed by atoms with van der Waals surface area (Å²) in [4.78, 5) is 16.2. The Morgan fingerprint density at radius 2 is 2.00 bits per heavy atom. The van der Waals surface area contributed by atoms with Crippen molar-refractivity contribution < 1.29 is 9.90 Å². The minimum absolute atomic E-state index is 0.133. The molecule has 1 aliphatic rings. The Labute approximate surface area is 116 Å². The summed E-state index contributed by atoms with van der Waals surface area (Å²) in [7, 11) is 0. The second kappa shape index (κ2) is 5.50. The smallest absolute Gasteiger partial charge is 0.334 e. The zero-order valence-corrected chi connectivity index (χ0v) is 11.1. The number of hydrogen-bond acceptors (Lipinski definition) is 3. The highest BCUT2D eigenvalue weighted by Gasteiger charge is 2.20. The lowest BCUT2D eigenvalue weighted by atomic mass is 9.93. The van der Waals surface area contributed by atoms with E-state index in [0.29, 0.717) is 0 Å². The first-order valence-corrected chi connectivity index (χ1v) is 6.90. The number of para-hydroxylation sites is 2. The van der Waals surface area contributed by atoms with Gasteiger partial charge in [-0.1, -0.05) is 12.1 Å². The lowest BCUT2D eigenvalue weighted by Crippen LogP contribution is -2.43. The number of aliphatic hydroxyl groups is 1. The van der Waals surface area contributed by atoms with Crippen LogP contribution in [0.1, 0.15) is 25.7 Å². The van der Waals surface area contributed by atoms with Gasteiger partial charge in [-0.25, -0.2) is 19.9 Å². The highest BCUT2D eigenvalue weighted by atomic mass is 16.3. The van der Waals surface area contributed by atoms with Crippen LogP contribution in [0.15, 0.2) is 30.6 Å². The molecule has 0 bridgehead atoms. The number of hydrogen-bond donors (Lipinski definition) is 3. The molecular weight excluding hydrogens is 256 g/mol. The second-order valence-electron chi connectivity index (χ2n) is 5.19. The van der Waals surface area contributed by atoms with Crippen molar-refractivity contribution in [2.45, 2.75) is 37.8 Å². The molecule has 0 aliphatic heterocycles. The molecule has 1 saturated carbocycles. The number of amides is 2. The van der Waals surface area contributed by atoms with Crippen molar-refractivity contribution in [3.05, 3.63) is 30.6 Å². The topological polar surface area (TPSA) is 79.2 Å². The molecule has 1 aromatic heterocycles. The van der Waals surface area contributed by atoms with Crippen LogP contribution >= 0.6 is 0 Å². The zero-order chi connectivity index (χ0) is 13.9. The Morgan fingerprint density at radius 1 is 1.25 bits per heavy atom. The van der Waals surface area contributed by atoms with Crippen molar-refractivity contribution in [3.63, 3.8) is 0 Å². The first-order valence-electron chi connectivity index (χ1n) is 6.90. The van der Waals surface area contributed by atoms with Gasteiger partial charge in [0, 0.05) is 6.04 Å². The molecule has 1 aliphatic carbocycles. The molecule has 106 valence electrons. The van der Waals surface area contributed by atoms with E-state index in [9.17, 15) is 9.90 Å². The van der Waals surface area contributed by atoms with Gasteiger partial charge in [-0.3, -0.25) is 0 Å². The number of nitrogens with zero attached hydrogens (tertiary/aromatic N) is 2. The molecule has 0 saturated heterocycles. The SMILES string of the molecule is O=C(NC1CCC(O)CC1)Nn1cnc2ccccc21. The van der Waals surface area contributed by atoms with E-state index in [-0.39, 0.29) is 18.2 Å². The number of rotatable bonds is 2. The number of benzene rings is 1. The Hall–Kier alpha value is -2.08. The average molecular weight is 274 g/mol. The number of carbonyl (C=O) groups is 1. The van der Waals surface area contributed by atoms with Crippen LogP contribution in [0, 0.1) is 0 Å². The maximum absolute atomic E-state index is 12.0. The molecule has 6 heteroatoms. The van der Waals surface area contributed by atoms with Crippen molar-refractivity contribution in [3.8, 4) is 0 Å². The minimum Gasteiger partial charge on any atom is -0.393 e. The summed E-state index contributed by atoms with van der Waals surface area (Å²) in [5.41, 5.74) is 4.47. The molecule has 2 aromatic rings. The molecule has 0 radical (unpaired) electrons. The third-order valence-corrected chi connectivity index (χ3v) is 3.71. The molecule has 1 fully saturated rings. The number of fused-ring (bicyclic) bond motifs is 1. The van der Waals surface area contributed by atoms with E-state index < -0.39 is 0 Å². The van der Waals surface area contributed by atoms with Crippen LogP contribution in [0.2, 0.25) is 0 Å². The highest BCUT2D eigenvalue weighted by molar-refractivity contribution is 5.85. The van der Waals surface area contributed by atoms with Crippen molar-refractivity contribution in [2.75, 3.05) is 5.43 Å². The second-order valence-corrected chi connectivity index (χ2v) is 5.19. The van der Waals surface area contributed by atoms with Gasteiger partial charge < -0.3 is 10.4 Å². The van der Waals surface area contributed by atoms with Gasteiger partial charge in [-0.05, 0) is 37.8 Å². The molecule has 1 aromatic carbocycles. The third kappa shape index (κ3) is 2.75. The van der Waals surface area contributed by atoms with E-state index >= 15 is 0 Å². The van der Waals surface area contributed by atoms with E-state index in [4.69, 9.17) is 0 Å². The van der Waals surface area contributed by atoms with Crippen LogP contribution in [0.25, 0.3) is 11.0 Å². The van der Waals surface area contributed by atoms with E-state index in [2.05, 4.69) is 15.7 Å². The van der Waals surface area contributed by atoms with Gasteiger partial charge in [0.2, 0.25) is 0 Å². The maximum atomic E-state index is 12.0. The van der Waals surface area contributed by atoms with Gasteiger partial charge in [0.05, 0.1) is 17.1 Å². The van der Waals surface area contributed by atoms with Gasteiger partial charge in [-0.15, -0.1) is 0 Å². The van der Waals surface area contributed by atoms with Gasteiger partial charge in [0.25, 0.3) is 0 Å². The Balaban J connectivity index is 1.61. The van der Waals surface area contributed by atoms with Crippen LogP contribution < -0.4 is 10.7 Å². The lowest BCUT2D eigenvalue weighted by Gasteiger charge is -2.26. The number of aliphatic hydroxyl groups excluding tert-OH is 1. The van der Waals surface area contributed by atoms with Crippen LogP contribution in [-0.4, -0.2) is 32.9 Å². The van der Waals surface area contributed by atoms with E-state index in [1.807, 2.05) is 24.3 Å². The van der Waals surface area contributed by atoms with E-state index in [1.54, 1.807) is 11.0 Å². The summed E-state index contributed by atoms with van der Waals surface area (Å²) in [6.07, 6.45) is 4.51. The molecule has 0 unspecified atom stereocenters. The monoisotopic (exact) mass is 274 g/mol. The number of urea groups is 1. The molecule has 1 heterocycles. The van der Waals surface area contributed by atoms with Gasteiger partial charge in [-0.2, -0.15) is 0 Å². The predicted octanol–water partition coefficient (Wildman–Crippen LogP) is 1.59. The van der Waals surface area contributed by atoms with Gasteiger partial charge >= 0.3 is 6.03 Å². The van der Waals surface area contributed by atoms with E-state index in [0.717, 1.165) is 36.7 Å². The van der Waals surface area contributed by atoms with E-state index in [1.165, 1.54) is 0 Å². The highest BCUT2D eigenvalue weighted by Crippen LogP contribution is 2.18. The average Bonchev–Trinajstić information content (AvgIpc) is 2.85. The molecule has 3 rings (SSSR count). The molecule has 2 amide bonds. The third-order valence-electron chi connectivity index (χ3n) is 3.71. The summed E-state index contributed by atoms with van der Waals surface area (Å²) >= 11 is 0. The lowest BCUT2D eigenvalue weighted by molar-refractivity contribution is 0.118. The van der Waals surface area contributed by atoms with Crippen molar-refractivity contribution in [1.29, 1.82) is 0 Å². The summed E-state index contributed by atoms with van der Waals surface area (Å²) in [6, 6.07) is 7.51. The Kier molecular flexibility index (Phi) is 3.56. The quantitative estimate of drug-likeness (QED) is 0.778. The summed E-state index contributed by atoms with van der Waals surface area (Å²) in [6.45, 7) is 0. The number of carbonyl (C=O) groups excluding carboxylic acids is 1. The fourth-order valence-electron chi connectivity index (χ4n) is 2.60. The standard InChI is InChI=1S/C14H18N4O2/c19-11-7-5-10(6-8-11)16-14(20)17-18-9-15-12-3-1-2-4-13(12)18/h1-4,9-11,19H,5-8H2,(H2,16,17,20). The van der Waals surface area contributed by atoms with Crippen molar-refractivity contribution >= 4 is 17.1 Å². The normalized spacial score (nSPS) is 22.6. The zero-order valence-electron chi connectivity index (χ0n) is 11.1. The van der Waals surface area contributed by atoms with Gasteiger partial charge in [0.1, 0.15) is 6.33 Å². The summed E-state index contributed by atoms with van der Waals surface area (Å²) in [5.74, 6) is 0. The molecule has 20 heavy (non-hydrogen) atoms. The summed E-state index contributed by atoms with van der Waals surface area (Å²) < 4.78 is 1.61. The van der Waals surface area contributed by atoms with Gasteiger partial charge in [0.15, 0.2) is 0 Å². The van der Waals surface area contributed by atoms with Crippen LogP contribution in [0.5, 0.6) is 0 Å². The molecule has 3 N–H and O–H groups in total.